The minimum absolute atomic E-state index is 0.308. The normalized spacial score (nSPS) is 12.2. The van der Waals surface area contributed by atoms with Gasteiger partial charge >= 0.3 is 0 Å². The number of carbonyl (C=O) groups is 3. The molecule has 2 amide bonds. The lowest BCUT2D eigenvalue weighted by atomic mass is 9.98. The lowest BCUT2D eigenvalue weighted by Gasteiger charge is -2.12. The van der Waals surface area contributed by atoms with E-state index in [0.29, 0.717) is 16.9 Å². The highest BCUT2D eigenvalue weighted by Gasteiger charge is 2.23. The number of hydrogen-bond donors (Lipinski definition) is 3. The number of aliphatic hydroxyl groups is 1. The third kappa shape index (κ3) is 5.05. The van der Waals surface area contributed by atoms with E-state index in [1.54, 1.807) is 30.3 Å². The molecule has 0 saturated carbocycles. The van der Waals surface area contributed by atoms with Gasteiger partial charge in [0.15, 0.2) is 11.4 Å². The second-order valence-electron chi connectivity index (χ2n) is 6.04. The summed E-state index contributed by atoms with van der Waals surface area (Å²) in [5.74, 6) is -2.82. The molecule has 0 spiro atoms. The van der Waals surface area contributed by atoms with Crippen molar-refractivity contribution in [1.82, 2.24) is 0 Å². The summed E-state index contributed by atoms with van der Waals surface area (Å²) in [5.41, 5.74) is 0.858. The fourth-order valence-corrected chi connectivity index (χ4v) is 2.35. The zero-order chi connectivity index (χ0) is 20.7. The highest BCUT2D eigenvalue weighted by Crippen LogP contribution is 2.16. The van der Waals surface area contributed by atoms with Crippen LogP contribution in [0.2, 0.25) is 0 Å². The Morgan fingerprint density at radius 1 is 0.964 bits per heavy atom. The third-order valence-electron chi connectivity index (χ3n) is 3.96. The van der Waals surface area contributed by atoms with E-state index >= 15 is 0 Å². The number of nitrogens with zero attached hydrogens (tertiary/aromatic N) is 1. The predicted octanol–water partition coefficient (Wildman–Crippen LogP) is 3.44. The Kier molecular flexibility index (Phi) is 6.66. The summed E-state index contributed by atoms with van der Waals surface area (Å²) in [7, 11) is 0. The molecule has 0 aliphatic heterocycles. The van der Waals surface area contributed by atoms with Gasteiger partial charge in [-0.1, -0.05) is 18.2 Å². The van der Waals surface area contributed by atoms with E-state index in [9.17, 15) is 19.5 Å². The second-order valence-corrected chi connectivity index (χ2v) is 6.04. The van der Waals surface area contributed by atoms with E-state index < -0.39 is 23.3 Å². The fourth-order valence-electron chi connectivity index (χ4n) is 2.35. The number of anilines is 2. The average Bonchev–Trinajstić information content (AvgIpc) is 2.68. The van der Waals surface area contributed by atoms with Gasteiger partial charge in [-0.25, -0.2) is 0 Å². The minimum Gasteiger partial charge on any atom is -0.511 e. The van der Waals surface area contributed by atoms with Crippen molar-refractivity contribution in [3.8, 4) is 6.07 Å². The lowest BCUT2D eigenvalue weighted by Crippen LogP contribution is -2.27. The minimum atomic E-state index is -0.897. The molecule has 142 valence electrons. The number of rotatable bonds is 6. The highest BCUT2D eigenvalue weighted by atomic mass is 16.3. The van der Waals surface area contributed by atoms with Crippen LogP contribution >= 0.6 is 0 Å². The van der Waals surface area contributed by atoms with Gasteiger partial charge in [-0.3, -0.25) is 14.4 Å². The fraction of sp³-hybridized carbons (Fsp3) is 0.143. The number of carbonyl (C=O) groups excluding carboxylic acids is 3. The molecular weight excluding hydrogens is 358 g/mol. The molecule has 0 radical (unpaired) electrons. The smallest absolute Gasteiger partial charge is 0.269 e. The Morgan fingerprint density at radius 2 is 1.54 bits per heavy atom. The van der Waals surface area contributed by atoms with Crippen molar-refractivity contribution in [2.75, 3.05) is 10.6 Å². The Bertz CT molecular complexity index is 953. The number of allylic oxidation sites excluding steroid dienone is 1. The molecule has 3 N–H and O–H groups in total. The largest absolute Gasteiger partial charge is 0.511 e. The van der Waals surface area contributed by atoms with Gasteiger partial charge in [-0.15, -0.1) is 0 Å². The number of amides is 2. The van der Waals surface area contributed by atoms with Crippen molar-refractivity contribution < 1.29 is 19.5 Å². The Labute approximate surface area is 162 Å². The number of benzene rings is 2. The molecule has 0 aliphatic rings. The topological polar surface area (TPSA) is 119 Å². The van der Waals surface area contributed by atoms with E-state index in [1.807, 2.05) is 6.07 Å². The van der Waals surface area contributed by atoms with Crippen molar-refractivity contribution in [3.05, 3.63) is 71.5 Å². The van der Waals surface area contributed by atoms with Crippen LogP contribution in [-0.4, -0.2) is 22.7 Å². The molecule has 0 aliphatic carbocycles. The summed E-state index contributed by atoms with van der Waals surface area (Å²) in [6.07, 6.45) is 0. The number of ketones is 1. The second kappa shape index (κ2) is 9.14. The first-order valence-electron chi connectivity index (χ1n) is 8.45. The third-order valence-corrected chi connectivity index (χ3v) is 3.96. The standard InChI is InChI=1S/C21H19N3O4/c1-13(20(27)23-16-6-4-3-5-7-16)19(26)15-8-10-17(11-9-15)24-21(28)18(12-22)14(2)25/h3-11,13,25H,1-2H3,(H,23,27)(H,24,28)/b18-14-. The van der Waals surface area contributed by atoms with E-state index in [-0.39, 0.29) is 11.5 Å². The number of para-hydroxylation sites is 1. The van der Waals surface area contributed by atoms with Crippen molar-refractivity contribution in [2.24, 2.45) is 5.92 Å². The Morgan fingerprint density at radius 3 is 2.07 bits per heavy atom. The molecule has 2 aromatic carbocycles. The quantitative estimate of drug-likeness (QED) is 0.234. The zero-order valence-electron chi connectivity index (χ0n) is 15.4. The number of nitriles is 1. The maximum absolute atomic E-state index is 12.5. The van der Waals surface area contributed by atoms with Crippen molar-refractivity contribution >= 4 is 29.0 Å². The summed E-state index contributed by atoms with van der Waals surface area (Å²) >= 11 is 0. The van der Waals surface area contributed by atoms with Gasteiger partial charge in [-0.2, -0.15) is 5.26 Å². The summed E-state index contributed by atoms with van der Waals surface area (Å²) in [6, 6.07) is 16.4. The molecule has 0 fully saturated rings. The highest BCUT2D eigenvalue weighted by molar-refractivity contribution is 6.13. The van der Waals surface area contributed by atoms with Gasteiger partial charge in [-0.05, 0) is 50.2 Å². The molecule has 0 saturated heterocycles. The van der Waals surface area contributed by atoms with Crippen LogP contribution in [0.1, 0.15) is 24.2 Å². The van der Waals surface area contributed by atoms with Crippen molar-refractivity contribution in [3.63, 3.8) is 0 Å². The summed E-state index contributed by atoms with van der Waals surface area (Å²) in [4.78, 5) is 36.7. The van der Waals surface area contributed by atoms with Crippen LogP contribution in [0, 0.1) is 17.2 Å². The molecule has 0 aromatic heterocycles. The number of Topliss-reactive ketones (excluding diaryl/α,β-unsaturated/α-hetero) is 1. The van der Waals surface area contributed by atoms with Crippen molar-refractivity contribution in [2.45, 2.75) is 13.8 Å². The van der Waals surface area contributed by atoms with E-state index in [0.717, 1.165) is 0 Å². The van der Waals surface area contributed by atoms with Crippen molar-refractivity contribution in [1.29, 1.82) is 5.26 Å². The summed E-state index contributed by atoms with van der Waals surface area (Å²) in [6.45, 7) is 2.76. The van der Waals surface area contributed by atoms with Gasteiger partial charge in [0.1, 0.15) is 11.8 Å². The van der Waals surface area contributed by atoms with Gasteiger partial charge in [0.25, 0.3) is 5.91 Å². The maximum atomic E-state index is 12.5. The number of aliphatic hydroxyl groups excluding tert-OH is 1. The molecule has 28 heavy (non-hydrogen) atoms. The molecule has 1 atom stereocenters. The molecule has 7 nitrogen and oxygen atoms in total. The van der Waals surface area contributed by atoms with Crippen LogP contribution in [0.4, 0.5) is 11.4 Å². The summed E-state index contributed by atoms with van der Waals surface area (Å²) in [5, 5.41) is 23.3. The average molecular weight is 377 g/mol. The summed E-state index contributed by atoms with van der Waals surface area (Å²) < 4.78 is 0. The van der Waals surface area contributed by atoms with Crippen LogP contribution in [0.15, 0.2) is 65.9 Å². The maximum Gasteiger partial charge on any atom is 0.269 e. The van der Waals surface area contributed by atoms with E-state index in [2.05, 4.69) is 10.6 Å². The van der Waals surface area contributed by atoms with Gasteiger partial charge < -0.3 is 15.7 Å². The van der Waals surface area contributed by atoms with Crippen LogP contribution in [0.3, 0.4) is 0 Å². The van der Waals surface area contributed by atoms with Gasteiger partial charge in [0.05, 0.1) is 5.92 Å². The Balaban J connectivity index is 2.05. The van der Waals surface area contributed by atoms with Gasteiger partial charge in [0, 0.05) is 16.9 Å². The molecule has 2 aromatic rings. The van der Waals surface area contributed by atoms with Crippen LogP contribution < -0.4 is 10.6 Å². The first-order valence-corrected chi connectivity index (χ1v) is 8.45. The van der Waals surface area contributed by atoms with Crippen LogP contribution in [0.5, 0.6) is 0 Å². The molecular formula is C21H19N3O4. The lowest BCUT2D eigenvalue weighted by molar-refractivity contribution is -0.118. The number of hydrogen-bond acceptors (Lipinski definition) is 5. The SMILES string of the molecule is C/C(O)=C(\C#N)C(=O)Nc1ccc(C(=O)C(C)C(=O)Nc2ccccc2)cc1. The van der Waals surface area contributed by atoms with Crippen LogP contribution in [-0.2, 0) is 9.59 Å². The zero-order valence-corrected chi connectivity index (χ0v) is 15.4. The first-order chi connectivity index (χ1) is 13.3. The van der Waals surface area contributed by atoms with Gasteiger partial charge in [0.2, 0.25) is 5.91 Å². The monoisotopic (exact) mass is 377 g/mol. The predicted molar refractivity (Wildman–Crippen MR) is 105 cm³/mol. The molecule has 2 rings (SSSR count). The van der Waals surface area contributed by atoms with Crippen LogP contribution in [0.25, 0.3) is 0 Å². The molecule has 0 bridgehead atoms. The van der Waals surface area contributed by atoms with E-state index in [1.165, 1.54) is 38.1 Å². The Hall–Kier alpha value is -3.92. The molecule has 0 heterocycles. The van der Waals surface area contributed by atoms with E-state index in [4.69, 9.17) is 5.26 Å². The number of nitrogens with one attached hydrogen (secondary N) is 2. The molecule has 1 unspecified atom stereocenters. The molecule has 7 heteroatoms. The first kappa shape index (κ1) is 20.4.